The van der Waals surface area contributed by atoms with Crippen LogP contribution >= 0.6 is 0 Å². The normalized spacial score (nSPS) is 31.9. The minimum Gasteiger partial charge on any atom is -0.385 e. The van der Waals surface area contributed by atoms with Crippen molar-refractivity contribution in [1.29, 1.82) is 0 Å². The Morgan fingerprint density at radius 2 is 1.61 bits per heavy atom. The minimum absolute atomic E-state index is 0.444. The van der Waals surface area contributed by atoms with Gasteiger partial charge in [-0.2, -0.15) is 0 Å². The number of anilines is 2. The fraction of sp³-hybridized carbons (Fsp3) is 0.700. The van der Waals surface area contributed by atoms with Gasteiger partial charge in [-0.15, -0.1) is 0 Å². The van der Waals surface area contributed by atoms with Crippen LogP contribution in [-0.4, -0.2) is 25.7 Å². The van der Waals surface area contributed by atoms with Crippen molar-refractivity contribution in [3.63, 3.8) is 0 Å². The zero-order valence-electron chi connectivity index (χ0n) is 14.8. The molecule has 1 aromatic carbocycles. The Labute approximate surface area is 141 Å². The molecule has 0 aromatic heterocycles. The second-order valence-corrected chi connectivity index (χ2v) is 8.06. The van der Waals surface area contributed by atoms with Crippen LogP contribution in [0.4, 0.5) is 11.4 Å². The molecule has 2 atom stereocenters. The third kappa shape index (κ3) is 4.63. The number of benzene rings is 1. The Morgan fingerprint density at radius 3 is 2.22 bits per heavy atom. The van der Waals surface area contributed by atoms with Crippen LogP contribution in [0.5, 0.6) is 0 Å². The summed E-state index contributed by atoms with van der Waals surface area (Å²) in [5.74, 6) is 2.39. The predicted molar refractivity (Wildman–Crippen MR) is 100 cm³/mol. The predicted octanol–water partition coefficient (Wildman–Crippen LogP) is 4.10. The quantitative estimate of drug-likeness (QED) is 0.879. The van der Waals surface area contributed by atoms with E-state index in [1.807, 2.05) is 0 Å². The van der Waals surface area contributed by atoms with Gasteiger partial charge in [0.1, 0.15) is 0 Å². The van der Waals surface area contributed by atoms with E-state index in [1.54, 1.807) is 0 Å². The fourth-order valence-corrected chi connectivity index (χ4v) is 4.32. The number of piperidine rings is 1. The van der Waals surface area contributed by atoms with Crippen molar-refractivity contribution < 1.29 is 0 Å². The van der Waals surface area contributed by atoms with Crippen molar-refractivity contribution >= 4 is 11.4 Å². The zero-order valence-corrected chi connectivity index (χ0v) is 14.8. The standard InChI is InChI=1S/C20H33N3/c1-15-11-16(2)14-23(13-15)20-9-7-19(8-10-20)22-12-17-3-5-18(21)6-4-17/h7-10,15-18,22H,3-6,11-14,21H2,1-2H3. The van der Waals surface area contributed by atoms with E-state index >= 15 is 0 Å². The van der Waals surface area contributed by atoms with E-state index < -0.39 is 0 Å². The van der Waals surface area contributed by atoms with Gasteiger partial charge in [0.25, 0.3) is 0 Å². The van der Waals surface area contributed by atoms with Crippen LogP contribution in [0.25, 0.3) is 0 Å². The molecule has 2 fully saturated rings. The lowest BCUT2D eigenvalue weighted by molar-refractivity contribution is 0.339. The van der Waals surface area contributed by atoms with Crippen molar-refractivity contribution in [1.82, 2.24) is 0 Å². The Morgan fingerprint density at radius 1 is 1.00 bits per heavy atom. The highest BCUT2D eigenvalue weighted by Gasteiger charge is 2.22. The van der Waals surface area contributed by atoms with Gasteiger partial charge in [0.15, 0.2) is 0 Å². The molecule has 0 spiro atoms. The van der Waals surface area contributed by atoms with Gasteiger partial charge >= 0.3 is 0 Å². The summed E-state index contributed by atoms with van der Waals surface area (Å²) < 4.78 is 0. The first-order valence-corrected chi connectivity index (χ1v) is 9.44. The largest absolute Gasteiger partial charge is 0.385 e. The van der Waals surface area contributed by atoms with Gasteiger partial charge in [0, 0.05) is 37.1 Å². The molecule has 1 aliphatic heterocycles. The zero-order chi connectivity index (χ0) is 16.2. The van der Waals surface area contributed by atoms with Gasteiger partial charge in [0.05, 0.1) is 0 Å². The molecule has 1 saturated carbocycles. The van der Waals surface area contributed by atoms with Gasteiger partial charge in [-0.3, -0.25) is 0 Å². The first-order valence-electron chi connectivity index (χ1n) is 9.44. The molecule has 3 nitrogen and oxygen atoms in total. The third-order valence-corrected chi connectivity index (χ3v) is 5.59. The molecular formula is C20H33N3. The SMILES string of the molecule is CC1CC(C)CN(c2ccc(NCC3CCC(N)CC3)cc2)C1. The number of rotatable bonds is 4. The van der Waals surface area contributed by atoms with Crippen LogP contribution in [0.3, 0.4) is 0 Å². The average Bonchev–Trinajstić information content (AvgIpc) is 2.54. The van der Waals surface area contributed by atoms with E-state index in [9.17, 15) is 0 Å². The molecule has 1 saturated heterocycles. The van der Waals surface area contributed by atoms with E-state index in [4.69, 9.17) is 5.73 Å². The maximum absolute atomic E-state index is 5.99. The molecule has 3 N–H and O–H groups in total. The Hall–Kier alpha value is -1.22. The van der Waals surface area contributed by atoms with Gasteiger partial charge in [0.2, 0.25) is 0 Å². The third-order valence-electron chi connectivity index (χ3n) is 5.59. The van der Waals surface area contributed by atoms with Crippen LogP contribution in [-0.2, 0) is 0 Å². The van der Waals surface area contributed by atoms with Crippen LogP contribution in [0, 0.1) is 17.8 Å². The van der Waals surface area contributed by atoms with E-state index in [0.29, 0.717) is 6.04 Å². The second-order valence-electron chi connectivity index (χ2n) is 8.06. The number of hydrogen-bond donors (Lipinski definition) is 2. The Bertz CT molecular complexity index is 466. The molecule has 0 bridgehead atoms. The summed E-state index contributed by atoms with van der Waals surface area (Å²) in [6.07, 6.45) is 6.29. The van der Waals surface area contributed by atoms with E-state index in [-0.39, 0.29) is 0 Å². The van der Waals surface area contributed by atoms with Crippen molar-refractivity contribution in [2.75, 3.05) is 29.9 Å². The van der Waals surface area contributed by atoms with Crippen LogP contribution in [0.1, 0.15) is 46.0 Å². The number of nitrogens with zero attached hydrogens (tertiary/aromatic N) is 1. The van der Waals surface area contributed by atoms with Crippen LogP contribution in [0.2, 0.25) is 0 Å². The van der Waals surface area contributed by atoms with E-state index in [1.165, 1.54) is 56.6 Å². The molecule has 23 heavy (non-hydrogen) atoms. The van der Waals surface area contributed by atoms with Gasteiger partial charge in [-0.05, 0) is 74.1 Å². The summed E-state index contributed by atoms with van der Waals surface area (Å²) in [4.78, 5) is 2.55. The summed E-state index contributed by atoms with van der Waals surface area (Å²) in [5.41, 5.74) is 8.61. The highest BCUT2D eigenvalue weighted by molar-refractivity contribution is 5.55. The summed E-state index contributed by atoms with van der Waals surface area (Å²) in [6.45, 7) is 8.21. The first-order chi connectivity index (χ1) is 11.1. The Kier molecular flexibility index (Phi) is 5.47. The number of nitrogens with two attached hydrogens (primary N) is 1. The van der Waals surface area contributed by atoms with Gasteiger partial charge in [-0.25, -0.2) is 0 Å². The van der Waals surface area contributed by atoms with Crippen molar-refractivity contribution in [2.45, 2.75) is 52.0 Å². The molecule has 1 aliphatic carbocycles. The molecular weight excluding hydrogens is 282 g/mol. The fourth-order valence-electron chi connectivity index (χ4n) is 4.32. The monoisotopic (exact) mass is 315 g/mol. The highest BCUT2D eigenvalue weighted by Crippen LogP contribution is 2.28. The summed E-state index contributed by atoms with van der Waals surface area (Å²) in [7, 11) is 0. The molecule has 1 heterocycles. The number of hydrogen-bond acceptors (Lipinski definition) is 3. The smallest absolute Gasteiger partial charge is 0.0367 e. The molecule has 0 radical (unpaired) electrons. The molecule has 0 amide bonds. The Balaban J connectivity index is 1.51. The topological polar surface area (TPSA) is 41.3 Å². The molecule has 2 unspecified atom stereocenters. The molecule has 3 heteroatoms. The maximum Gasteiger partial charge on any atom is 0.0367 e. The van der Waals surface area contributed by atoms with Crippen LogP contribution < -0.4 is 16.0 Å². The van der Waals surface area contributed by atoms with Crippen LogP contribution in [0.15, 0.2) is 24.3 Å². The molecule has 128 valence electrons. The number of nitrogens with one attached hydrogen (secondary N) is 1. The highest BCUT2D eigenvalue weighted by atomic mass is 15.1. The lowest BCUT2D eigenvalue weighted by Crippen LogP contribution is -2.38. The van der Waals surface area contributed by atoms with Gasteiger partial charge < -0.3 is 16.0 Å². The lowest BCUT2D eigenvalue weighted by atomic mass is 9.86. The molecule has 2 aliphatic rings. The summed E-state index contributed by atoms with van der Waals surface area (Å²) in [6, 6.07) is 9.50. The van der Waals surface area contributed by atoms with Crippen molar-refractivity contribution in [3.8, 4) is 0 Å². The minimum atomic E-state index is 0.444. The molecule has 3 rings (SSSR count). The average molecular weight is 316 g/mol. The summed E-state index contributed by atoms with van der Waals surface area (Å²) >= 11 is 0. The van der Waals surface area contributed by atoms with E-state index in [2.05, 4.69) is 48.3 Å². The van der Waals surface area contributed by atoms with Crippen molar-refractivity contribution in [2.24, 2.45) is 23.5 Å². The lowest BCUT2D eigenvalue weighted by Gasteiger charge is -2.36. The maximum atomic E-state index is 5.99. The molecule has 1 aromatic rings. The second kappa shape index (κ2) is 7.57. The first kappa shape index (κ1) is 16.6. The van der Waals surface area contributed by atoms with E-state index in [0.717, 1.165) is 24.3 Å². The van der Waals surface area contributed by atoms with Gasteiger partial charge in [-0.1, -0.05) is 13.8 Å². The summed E-state index contributed by atoms with van der Waals surface area (Å²) in [5, 5.41) is 3.62. The van der Waals surface area contributed by atoms with Crippen molar-refractivity contribution in [3.05, 3.63) is 24.3 Å².